The SMILES string of the molecule is Cc1ccc(-c2c(Cl)cccc2Br)c(Br)c1. The minimum Gasteiger partial charge on any atom is -0.0836 e. The molecule has 0 heterocycles. The van der Waals surface area contributed by atoms with Crippen molar-refractivity contribution in [2.24, 2.45) is 0 Å². The molecule has 0 radical (unpaired) electrons. The van der Waals surface area contributed by atoms with Crippen molar-refractivity contribution in [2.75, 3.05) is 0 Å². The zero-order valence-corrected chi connectivity index (χ0v) is 12.5. The van der Waals surface area contributed by atoms with Gasteiger partial charge in [-0.2, -0.15) is 0 Å². The second kappa shape index (κ2) is 4.91. The lowest BCUT2D eigenvalue weighted by atomic mass is 10.0. The first-order valence-electron chi connectivity index (χ1n) is 4.80. The lowest BCUT2D eigenvalue weighted by molar-refractivity contribution is 1.44. The highest BCUT2D eigenvalue weighted by Crippen LogP contribution is 2.38. The summed E-state index contributed by atoms with van der Waals surface area (Å²) in [5, 5.41) is 0.749. The van der Waals surface area contributed by atoms with Crippen molar-refractivity contribution in [3.8, 4) is 11.1 Å². The van der Waals surface area contributed by atoms with Crippen molar-refractivity contribution < 1.29 is 0 Å². The zero-order chi connectivity index (χ0) is 11.7. The molecule has 0 saturated heterocycles. The first-order valence-corrected chi connectivity index (χ1v) is 6.76. The summed E-state index contributed by atoms with van der Waals surface area (Å²) in [6.07, 6.45) is 0. The maximum absolute atomic E-state index is 6.22. The molecule has 0 fully saturated rings. The molecule has 0 saturated carbocycles. The van der Waals surface area contributed by atoms with Crippen LogP contribution in [0.25, 0.3) is 11.1 Å². The predicted molar refractivity (Wildman–Crippen MR) is 77.0 cm³/mol. The van der Waals surface area contributed by atoms with Crippen LogP contribution < -0.4 is 0 Å². The highest BCUT2D eigenvalue weighted by atomic mass is 79.9. The Balaban J connectivity index is 2.68. The molecule has 0 unspecified atom stereocenters. The molecule has 0 aliphatic carbocycles. The Kier molecular flexibility index (Phi) is 3.73. The fourth-order valence-corrected chi connectivity index (χ4v) is 3.24. The molecule has 82 valence electrons. The number of aryl methyl sites for hydroxylation is 1. The van der Waals surface area contributed by atoms with E-state index in [4.69, 9.17) is 11.6 Å². The fourth-order valence-electron chi connectivity index (χ4n) is 1.58. The second-order valence-corrected chi connectivity index (χ2v) is 5.70. The largest absolute Gasteiger partial charge is 0.0836 e. The Morgan fingerprint density at radius 2 is 1.75 bits per heavy atom. The summed E-state index contributed by atoms with van der Waals surface area (Å²) in [5.74, 6) is 0. The minimum absolute atomic E-state index is 0.749. The number of hydrogen-bond donors (Lipinski definition) is 0. The van der Waals surface area contributed by atoms with Gasteiger partial charge in [-0.15, -0.1) is 0 Å². The van der Waals surface area contributed by atoms with E-state index in [9.17, 15) is 0 Å². The Morgan fingerprint density at radius 1 is 1.00 bits per heavy atom. The van der Waals surface area contributed by atoms with Crippen LogP contribution in [0, 0.1) is 6.92 Å². The summed E-state index contributed by atoms with van der Waals surface area (Å²) < 4.78 is 2.06. The van der Waals surface area contributed by atoms with E-state index in [1.807, 2.05) is 18.2 Å². The van der Waals surface area contributed by atoms with Gasteiger partial charge in [-0.05, 0) is 36.2 Å². The van der Waals surface area contributed by atoms with Gasteiger partial charge in [0.1, 0.15) is 0 Å². The van der Waals surface area contributed by atoms with E-state index in [0.717, 1.165) is 25.1 Å². The monoisotopic (exact) mass is 358 g/mol. The maximum Gasteiger partial charge on any atom is 0.0496 e. The number of hydrogen-bond acceptors (Lipinski definition) is 0. The molecule has 0 spiro atoms. The van der Waals surface area contributed by atoms with Gasteiger partial charge < -0.3 is 0 Å². The van der Waals surface area contributed by atoms with Crippen LogP contribution in [-0.4, -0.2) is 0 Å². The van der Waals surface area contributed by atoms with Crippen molar-refractivity contribution in [3.05, 3.63) is 55.9 Å². The fraction of sp³-hybridized carbons (Fsp3) is 0.0769. The van der Waals surface area contributed by atoms with Crippen molar-refractivity contribution in [1.29, 1.82) is 0 Å². The minimum atomic E-state index is 0.749. The normalized spacial score (nSPS) is 10.5. The van der Waals surface area contributed by atoms with Gasteiger partial charge in [0.05, 0.1) is 0 Å². The first-order chi connectivity index (χ1) is 7.59. The summed E-state index contributed by atoms with van der Waals surface area (Å²) in [4.78, 5) is 0. The average Bonchev–Trinajstić information content (AvgIpc) is 2.20. The maximum atomic E-state index is 6.22. The van der Waals surface area contributed by atoms with Crippen LogP contribution in [0.3, 0.4) is 0 Å². The van der Waals surface area contributed by atoms with Gasteiger partial charge in [0.25, 0.3) is 0 Å². The molecule has 16 heavy (non-hydrogen) atoms. The van der Waals surface area contributed by atoms with Gasteiger partial charge in [-0.1, -0.05) is 61.7 Å². The van der Waals surface area contributed by atoms with E-state index >= 15 is 0 Å². The smallest absolute Gasteiger partial charge is 0.0496 e. The molecular formula is C13H9Br2Cl. The summed E-state index contributed by atoms with van der Waals surface area (Å²) in [7, 11) is 0. The van der Waals surface area contributed by atoms with Crippen LogP contribution >= 0.6 is 43.5 Å². The topological polar surface area (TPSA) is 0 Å². The van der Waals surface area contributed by atoms with Gasteiger partial charge in [0, 0.05) is 19.5 Å². The van der Waals surface area contributed by atoms with Gasteiger partial charge in [-0.3, -0.25) is 0 Å². The first kappa shape index (κ1) is 12.2. The van der Waals surface area contributed by atoms with Crippen molar-refractivity contribution in [1.82, 2.24) is 0 Å². The van der Waals surface area contributed by atoms with Gasteiger partial charge in [-0.25, -0.2) is 0 Å². The van der Waals surface area contributed by atoms with Crippen LogP contribution in [0.2, 0.25) is 5.02 Å². The molecule has 2 aromatic carbocycles. The lowest BCUT2D eigenvalue weighted by Gasteiger charge is -2.10. The third kappa shape index (κ3) is 2.34. The van der Waals surface area contributed by atoms with Crippen LogP contribution in [0.1, 0.15) is 5.56 Å². The molecule has 0 bridgehead atoms. The van der Waals surface area contributed by atoms with E-state index in [1.54, 1.807) is 0 Å². The van der Waals surface area contributed by atoms with Crippen LogP contribution in [0.5, 0.6) is 0 Å². The standard InChI is InChI=1S/C13H9Br2Cl/c1-8-5-6-9(11(15)7-8)13-10(14)3-2-4-12(13)16/h2-7H,1H3. The summed E-state index contributed by atoms with van der Waals surface area (Å²) >= 11 is 13.3. The van der Waals surface area contributed by atoms with Crippen molar-refractivity contribution in [2.45, 2.75) is 6.92 Å². The summed E-state index contributed by atoms with van der Waals surface area (Å²) in [6, 6.07) is 12.1. The average molecular weight is 360 g/mol. The van der Waals surface area contributed by atoms with Crippen LogP contribution in [0.15, 0.2) is 45.3 Å². The Labute approximate surface area is 117 Å². The lowest BCUT2D eigenvalue weighted by Crippen LogP contribution is -1.84. The Morgan fingerprint density at radius 3 is 2.38 bits per heavy atom. The summed E-state index contributed by atoms with van der Waals surface area (Å²) in [5.41, 5.74) is 3.35. The Hall–Kier alpha value is -0.310. The van der Waals surface area contributed by atoms with Crippen molar-refractivity contribution >= 4 is 43.5 Å². The van der Waals surface area contributed by atoms with Gasteiger partial charge in [0.15, 0.2) is 0 Å². The molecular weight excluding hydrogens is 351 g/mol. The van der Waals surface area contributed by atoms with Gasteiger partial charge in [0.2, 0.25) is 0 Å². The molecule has 0 aromatic heterocycles. The number of halogens is 3. The molecule has 2 rings (SSSR count). The molecule has 2 aromatic rings. The Bertz CT molecular complexity index is 515. The molecule has 0 atom stereocenters. The van der Waals surface area contributed by atoms with E-state index in [0.29, 0.717) is 0 Å². The van der Waals surface area contributed by atoms with Crippen LogP contribution in [0.4, 0.5) is 0 Å². The quantitative estimate of drug-likeness (QED) is 0.599. The second-order valence-electron chi connectivity index (χ2n) is 3.58. The predicted octanol–water partition coefficient (Wildman–Crippen LogP) is 5.84. The number of rotatable bonds is 1. The van der Waals surface area contributed by atoms with E-state index in [1.165, 1.54) is 5.56 Å². The van der Waals surface area contributed by atoms with E-state index < -0.39 is 0 Å². The molecule has 0 amide bonds. The van der Waals surface area contributed by atoms with Crippen molar-refractivity contribution in [3.63, 3.8) is 0 Å². The molecule has 0 aliphatic rings. The third-order valence-electron chi connectivity index (χ3n) is 2.36. The highest BCUT2D eigenvalue weighted by molar-refractivity contribution is 9.11. The van der Waals surface area contributed by atoms with E-state index in [-0.39, 0.29) is 0 Å². The van der Waals surface area contributed by atoms with Gasteiger partial charge >= 0.3 is 0 Å². The third-order valence-corrected chi connectivity index (χ3v) is 3.99. The zero-order valence-electron chi connectivity index (χ0n) is 8.60. The summed E-state index contributed by atoms with van der Waals surface area (Å²) in [6.45, 7) is 2.07. The molecule has 3 heteroatoms. The van der Waals surface area contributed by atoms with E-state index in [2.05, 4.69) is 57.0 Å². The highest BCUT2D eigenvalue weighted by Gasteiger charge is 2.10. The molecule has 0 N–H and O–H groups in total. The molecule has 0 nitrogen and oxygen atoms in total. The number of benzene rings is 2. The van der Waals surface area contributed by atoms with Crippen LogP contribution in [-0.2, 0) is 0 Å². The molecule has 0 aliphatic heterocycles.